The van der Waals surface area contributed by atoms with Gasteiger partial charge in [0, 0.05) is 19.8 Å². The predicted octanol–water partition coefficient (Wildman–Crippen LogP) is 2.40. The van der Waals surface area contributed by atoms with Gasteiger partial charge in [0.05, 0.1) is 6.34 Å². The lowest BCUT2D eigenvalue weighted by Gasteiger charge is -2.16. The predicted molar refractivity (Wildman–Crippen MR) is 58.7 cm³/mol. The van der Waals surface area contributed by atoms with E-state index in [0.717, 1.165) is 0 Å². The van der Waals surface area contributed by atoms with Gasteiger partial charge in [0.1, 0.15) is 0 Å². The molecule has 0 bridgehead atoms. The first-order chi connectivity index (χ1) is 6.16. The minimum atomic E-state index is 1.21. The molecule has 0 aliphatic heterocycles. The third-order valence-corrected chi connectivity index (χ3v) is 2.24. The second-order valence-corrected chi connectivity index (χ2v) is 3.20. The van der Waals surface area contributed by atoms with Gasteiger partial charge in [-0.2, -0.15) is 0 Å². The molecular weight excluding hydrogens is 160 g/mol. The summed E-state index contributed by atoms with van der Waals surface area (Å²) in [7, 11) is 3.79. The summed E-state index contributed by atoms with van der Waals surface area (Å²) in [5, 5.41) is 0. The maximum absolute atomic E-state index is 3.98. The molecule has 1 rings (SSSR count). The van der Waals surface area contributed by atoms with E-state index in [-0.39, 0.29) is 0 Å². The first kappa shape index (κ1) is 9.78. The van der Waals surface area contributed by atoms with Crippen LogP contribution < -0.4 is 4.90 Å². The molecule has 0 saturated heterocycles. The summed E-state index contributed by atoms with van der Waals surface area (Å²) < 4.78 is 0. The molecule has 0 spiro atoms. The first-order valence-electron chi connectivity index (χ1n) is 4.38. The lowest BCUT2D eigenvalue weighted by molar-refractivity contribution is 1.22. The Morgan fingerprint density at radius 1 is 1.31 bits per heavy atom. The van der Waals surface area contributed by atoms with Crippen molar-refractivity contribution >= 4 is 12.0 Å². The van der Waals surface area contributed by atoms with Gasteiger partial charge >= 0.3 is 0 Å². The van der Waals surface area contributed by atoms with Crippen LogP contribution in [-0.2, 0) is 0 Å². The smallest absolute Gasteiger partial charge is 0.0888 e. The van der Waals surface area contributed by atoms with Gasteiger partial charge < -0.3 is 4.90 Å². The van der Waals surface area contributed by atoms with Crippen LogP contribution in [0.2, 0.25) is 0 Å². The molecule has 0 heterocycles. The highest BCUT2D eigenvalue weighted by Gasteiger charge is 2.02. The average Bonchev–Trinajstić information content (AvgIpc) is 2.10. The van der Waals surface area contributed by atoms with Gasteiger partial charge in [0.25, 0.3) is 0 Å². The van der Waals surface area contributed by atoms with Crippen molar-refractivity contribution in [3.63, 3.8) is 0 Å². The van der Waals surface area contributed by atoms with Crippen molar-refractivity contribution in [2.24, 2.45) is 4.99 Å². The zero-order valence-electron chi connectivity index (χ0n) is 8.70. The zero-order chi connectivity index (χ0) is 9.84. The van der Waals surface area contributed by atoms with E-state index in [9.17, 15) is 0 Å². The van der Waals surface area contributed by atoms with Crippen LogP contribution in [0.15, 0.2) is 23.2 Å². The van der Waals surface area contributed by atoms with Gasteiger partial charge in [-0.1, -0.05) is 12.1 Å². The van der Waals surface area contributed by atoms with E-state index < -0.39 is 0 Å². The number of benzene rings is 1. The summed E-state index contributed by atoms with van der Waals surface area (Å²) in [6, 6.07) is 6.29. The molecule has 13 heavy (non-hydrogen) atoms. The Kier molecular flexibility index (Phi) is 3.07. The van der Waals surface area contributed by atoms with Crippen LogP contribution in [0.5, 0.6) is 0 Å². The van der Waals surface area contributed by atoms with Gasteiger partial charge in [-0.3, -0.25) is 4.99 Å². The Hall–Kier alpha value is -1.31. The summed E-state index contributed by atoms with van der Waals surface area (Å²) in [5.74, 6) is 0. The topological polar surface area (TPSA) is 15.6 Å². The number of aliphatic imine (C=N–C) groups is 1. The molecule has 1 aromatic rings. The van der Waals surface area contributed by atoms with Crippen molar-refractivity contribution in [2.75, 3.05) is 19.0 Å². The van der Waals surface area contributed by atoms with Crippen LogP contribution in [-0.4, -0.2) is 20.4 Å². The van der Waals surface area contributed by atoms with Gasteiger partial charge in [0.2, 0.25) is 0 Å². The molecule has 0 unspecified atom stereocenters. The number of anilines is 1. The van der Waals surface area contributed by atoms with E-state index in [4.69, 9.17) is 0 Å². The lowest BCUT2D eigenvalue weighted by Crippen LogP contribution is -2.15. The number of rotatable bonds is 2. The highest BCUT2D eigenvalue weighted by molar-refractivity contribution is 5.80. The Balaban J connectivity index is 3.07. The van der Waals surface area contributed by atoms with E-state index in [0.29, 0.717) is 0 Å². The van der Waals surface area contributed by atoms with Gasteiger partial charge in [-0.05, 0) is 31.0 Å². The van der Waals surface area contributed by atoms with E-state index in [1.165, 1.54) is 16.8 Å². The summed E-state index contributed by atoms with van der Waals surface area (Å²) in [6.07, 6.45) is 1.82. The number of nitrogens with zero attached hydrogens (tertiary/aromatic N) is 2. The fourth-order valence-corrected chi connectivity index (χ4v) is 1.35. The Labute approximate surface area is 79.9 Å². The van der Waals surface area contributed by atoms with Gasteiger partial charge in [-0.25, -0.2) is 0 Å². The van der Waals surface area contributed by atoms with Gasteiger partial charge in [-0.15, -0.1) is 0 Å². The molecule has 70 valence electrons. The lowest BCUT2D eigenvalue weighted by atomic mass is 10.1. The Bertz CT molecular complexity index is 316. The summed E-state index contributed by atoms with van der Waals surface area (Å²) >= 11 is 0. The monoisotopic (exact) mass is 176 g/mol. The van der Waals surface area contributed by atoms with E-state index >= 15 is 0 Å². The van der Waals surface area contributed by atoms with Crippen LogP contribution in [0.1, 0.15) is 11.1 Å². The molecular formula is C11H16N2. The van der Waals surface area contributed by atoms with Crippen molar-refractivity contribution in [1.29, 1.82) is 0 Å². The molecule has 2 heteroatoms. The van der Waals surface area contributed by atoms with Crippen LogP contribution >= 0.6 is 0 Å². The van der Waals surface area contributed by atoms with Crippen molar-refractivity contribution in [3.05, 3.63) is 29.3 Å². The van der Waals surface area contributed by atoms with E-state index in [2.05, 4.69) is 37.0 Å². The molecule has 0 radical (unpaired) electrons. The van der Waals surface area contributed by atoms with Crippen LogP contribution in [0.25, 0.3) is 0 Å². The standard InChI is InChI=1S/C11H16N2/c1-9-6-5-7-11(10(9)2)13(4)8-12-3/h5-8H,1-4H3. The van der Waals surface area contributed by atoms with Crippen LogP contribution in [0.3, 0.4) is 0 Å². The molecule has 0 atom stereocenters. The number of aryl methyl sites for hydroxylation is 1. The highest BCUT2D eigenvalue weighted by Crippen LogP contribution is 2.20. The average molecular weight is 176 g/mol. The second kappa shape index (κ2) is 4.08. The molecule has 0 N–H and O–H groups in total. The molecule has 0 aliphatic rings. The Morgan fingerprint density at radius 3 is 2.62 bits per heavy atom. The molecule has 2 nitrogen and oxygen atoms in total. The summed E-state index contributed by atoms with van der Waals surface area (Å²) in [6.45, 7) is 4.25. The van der Waals surface area contributed by atoms with Crippen molar-refractivity contribution in [3.8, 4) is 0 Å². The molecule has 0 aliphatic carbocycles. The van der Waals surface area contributed by atoms with Crippen molar-refractivity contribution in [1.82, 2.24) is 0 Å². The van der Waals surface area contributed by atoms with E-state index in [1.807, 2.05) is 18.3 Å². The largest absolute Gasteiger partial charge is 0.336 e. The van der Waals surface area contributed by atoms with Crippen molar-refractivity contribution in [2.45, 2.75) is 13.8 Å². The summed E-state index contributed by atoms with van der Waals surface area (Å²) in [5.41, 5.74) is 3.84. The maximum atomic E-state index is 3.98. The SMILES string of the molecule is CN=CN(C)c1cccc(C)c1C. The van der Waals surface area contributed by atoms with E-state index in [1.54, 1.807) is 7.05 Å². The number of hydrogen-bond donors (Lipinski definition) is 0. The Morgan fingerprint density at radius 2 is 2.00 bits per heavy atom. The highest BCUT2D eigenvalue weighted by atomic mass is 15.1. The first-order valence-corrected chi connectivity index (χ1v) is 4.38. The van der Waals surface area contributed by atoms with Crippen molar-refractivity contribution < 1.29 is 0 Å². The van der Waals surface area contributed by atoms with Crippen LogP contribution in [0, 0.1) is 13.8 Å². The third kappa shape index (κ3) is 2.08. The fourth-order valence-electron chi connectivity index (χ4n) is 1.35. The second-order valence-electron chi connectivity index (χ2n) is 3.20. The van der Waals surface area contributed by atoms with Crippen LogP contribution in [0.4, 0.5) is 5.69 Å². The number of hydrogen-bond acceptors (Lipinski definition) is 1. The normalized spacial score (nSPS) is 10.8. The molecule has 0 aromatic heterocycles. The molecule has 1 aromatic carbocycles. The molecule has 0 saturated carbocycles. The fraction of sp³-hybridized carbons (Fsp3) is 0.364. The molecule has 0 amide bonds. The quantitative estimate of drug-likeness (QED) is 0.499. The van der Waals surface area contributed by atoms with Gasteiger partial charge in [0.15, 0.2) is 0 Å². The summed E-state index contributed by atoms with van der Waals surface area (Å²) in [4.78, 5) is 6.01. The zero-order valence-corrected chi connectivity index (χ0v) is 8.70. The minimum absolute atomic E-state index is 1.21. The maximum Gasteiger partial charge on any atom is 0.0888 e. The molecule has 0 fully saturated rings. The minimum Gasteiger partial charge on any atom is -0.336 e. The third-order valence-electron chi connectivity index (χ3n) is 2.24.